The molecule has 0 bridgehead atoms. The van der Waals surface area contributed by atoms with Crippen LogP contribution in [0.25, 0.3) is 21.6 Å². The van der Waals surface area contributed by atoms with Gasteiger partial charge in [-0.3, -0.25) is 0 Å². The Kier molecular flexibility index (Phi) is 5.32. The first-order valence-electron chi connectivity index (χ1n) is 9.14. The lowest BCUT2D eigenvalue weighted by Gasteiger charge is -2.14. The van der Waals surface area contributed by atoms with Crippen molar-refractivity contribution in [3.05, 3.63) is 65.7 Å². The van der Waals surface area contributed by atoms with Gasteiger partial charge in [0, 0.05) is 34.7 Å². The maximum Gasteiger partial charge on any atom is 0.338 e. The third kappa shape index (κ3) is 3.62. The van der Waals surface area contributed by atoms with Crippen molar-refractivity contribution in [1.29, 1.82) is 0 Å². The Balaban J connectivity index is 1.92. The van der Waals surface area contributed by atoms with Crippen molar-refractivity contribution in [1.82, 2.24) is 0 Å². The molecule has 4 rings (SSSR count). The number of anilines is 1. The molecule has 29 heavy (non-hydrogen) atoms. The van der Waals surface area contributed by atoms with Gasteiger partial charge in [0.15, 0.2) is 11.6 Å². The van der Waals surface area contributed by atoms with E-state index in [1.807, 2.05) is 4.90 Å². The number of rotatable bonds is 4. The first kappa shape index (κ1) is 19.5. The Bertz CT molecular complexity index is 1070. The molecule has 1 saturated heterocycles. The van der Waals surface area contributed by atoms with E-state index in [2.05, 4.69) is 0 Å². The molecule has 0 N–H and O–H groups in total. The molecule has 0 saturated carbocycles. The highest BCUT2D eigenvalue weighted by Crippen LogP contribution is 2.46. The summed E-state index contributed by atoms with van der Waals surface area (Å²) >= 11 is 1.33. The zero-order chi connectivity index (χ0) is 20.5. The summed E-state index contributed by atoms with van der Waals surface area (Å²) in [5.74, 6) is -2.43. The van der Waals surface area contributed by atoms with Gasteiger partial charge in [0.2, 0.25) is 0 Å². The molecule has 2 aromatic carbocycles. The highest BCUT2D eigenvalue weighted by atomic mass is 32.1. The van der Waals surface area contributed by atoms with Gasteiger partial charge in [-0.1, -0.05) is 30.3 Å². The van der Waals surface area contributed by atoms with Crippen molar-refractivity contribution in [3.63, 3.8) is 0 Å². The van der Waals surface area contributed by atoms with Gasteiger partial charge in [-0.05, 0) is 24.6 Å². The van der Waals surface area contributed by atoms with Crippen molar-refractivity contribution in [2.75, 3.05) is 25.1 Å². The number of halogens is 3. The van der Waals surface area contributed by atoms with E-state index in [0.29, 0.717) is 34.5 Å². The number of benzene rings is 2. The quantitative estimate of drug-likeness (QED) is 0.511. The average Bonchev–Trinajstić information content (AvgIpc) is 3.36. The van der Waals surface area contributed by atoms with Crippen molar-refractivity contribution >= 4 is 22.3 Å². The number of nitrogens with zero attached hydrogens (tertiary/aromatic N) is 1. The third-order valence-electron chi connectivity index (χ3n) is 4.98. The number of carbonyl (C=O) groups is 1. The molecular weight excluding hydrogens is 399 g/mol. The van der Waals surface area contributed by atoms with Crippen LogP contribution in [0.5, 0.6) is 0 Å². The first-order chi connectivity index (χ1) is 14.0. The lowest BCUT2D eigenvalue weighted by molar-refractivity contribution is 0.0601. The second-order valence-corrected chi connectivity index (χ2v) is 7.83. The number of methoxy groups -OCH3 is 1. The summed E-state index contributed by atoms with van der Waals surface area (Å²) in [6, 6.07) is 12.6. The molecule has 7 heteroatoms. The number of hydrogen-bond acceptors (Lipinski definition) is 4. The number of hydrogen-bond donors (Lipinski definition) is 0. The molecule has 1 atom stereocenters. The van der Waals surface area contributed by atoms with Crippen LogP contribution in [0.4, 0.5) is 18.2 Å². The van der Waals surface area contributed by atoms with Crippen molar-refractivity contribution in [2.24, 2.45) is 0 Å². The minimum absolute atomic E-state index is 0.0955. The van der Waals surface area contributed by atoms with Crippen LogP contribution in [-0.2, 0) is 4.74 Å². The number of alkyl halides is 1. The van der Waals surface area contributed by atoms with E-state index in [4.69, 9.17) is 4.74 Å². The minimum atomic E-state index is -0.960. The van der Waals surface area contributed by atoms with Gasteiger partial charge in [-0.15, -0.1) is 11.3 Å². The summed E-state index contributed by atoms with van der Waals surface area (Å²) in [7, 11) is 1.29. The molecule has 0 amide bonds. The van der Waals surface area contributed by atoms with E-state index in [-0.39, 0.29) is 12.1 Å². The summed E-state index contributed by atoms with van der Waals surface area (Å²) in [6.45, 7) is 0.800. The van der Waals surface area contributed by atoms with E-state index in [1.165, 1.54) is 30.6 Å². The molecule has 3 aromatic rings. The van der Waals surface area contributed by atoms with Crippen molar-refractivity contribution < 1.29 is 22.7 Å². The van der Waals surface area contributed by atoms with Crippen LogP contribution in [-0.4, -0.2) is 32.3 Å². The fraction of sp³-hybridized carbons (Fsp3) is 0.227. The molecule has 1 aliphatic rings. The number of carbonyl (C=O) groups excluding carboxylic acids is 1. The standard InChI is InChI=1S/C22H18F3NO2S/c1-28-22(27)16-6-3-2-5-15(16)21-17(14-7-4-8-18(24)20(14)25)11-19(29-21)26-10-9-13(23)12-26/h2-8,11,13H,9-10,12H2,1H3/t13-/m0/s1. The Morgan fingerprint density at radius 2 is 1.86 bits per heavy atom. The molecular formula is C22H18F3NO2S. The van der Waals surface area contributed by atoms with Crippen molar-refractivity contribution in [2.45, 2.75) is 12.6 Å². The van der Waals surface area contributed by atoms with Crippen LogP contribution < -0.4 is 4.90 Å². The number of thiophene rings is 1. The zero-order valence-electron chi connectivity index (χ0n) is 15.6. The van der Waals surface area contributed by atoms with Gasteiger partial charge in [-0.2, -0.15) is 0 Å². The first-order valence-corrected chi connectivity index (χ1v) is 9.96. The van der Waals surface area contributed by atoms with Crippen LogP contribution in [0.1, 0.15) is 16.8 Å². The molecule has 2 heterocycles. The molecule has 3 nitrogen and oxygen atoms in total. The fourth-order valence-corrected chi connectivity index (χ4v) is 4.78. The topological polar surface area (TPSA) is 29.5 Å². The summed E-state index contributed by atoms with van der Waals surface area (Å²) in [6.07, 6.45) is -0.493. The van der Waals surface area contributed by atoms with E-state index in [9.17, 15) is 18.0 Å². The van der Waals surface area contributed by atoms with E-state index in [0.717, 1.165) is 11.1 Å². The van der Waals surface area contributed by atoms with E-state index >= 15 is 0 Å². The van der Waals surface area contributed by atoms with Crippen LogP contribution in [0.15, 0.2) is 48.5 Å². The Hall–Kier alpha value is -2.80. The number of ether oxygens (including phenoxy) is 1. The Morgan fingerprint density at radius 1 is 1.10 bits per heavy atom. The van der Waals surface area contributed by atoms with Gasteiger partial charge < -0.3 is 9.64 Å². The molecule has 1 fully saturated rings. The predicted molar refractivity (Wildman–Crippen MR) is 108 cm³/mol. The summed E-state index contributed by atoms with van der Waals surface area (Å²) in [5.41, 5.74) is 1.44. The SMILES string of the molecule is COC(=O)c1ccccc1-c1sc(N2CC[C@H](F)C2)cc1-c1cccc(F)c1F. The van der Waals surface area contributed by atoms with Crippen LogP contribution in [0, 0.1) is 11.6 Å². The lowest BCUT2D eigenvalue weighted by atomic mass is 9.98. The lowest BCUT2D eigenvalue weighted by Crippen LogP contribution is -2.18. The van der Waals surface area contributed by atoms with Gasteiger partial charge in [0.1, 0.15) is 6.17 Å². The molecule has 0 aliphatic carbocycles. The van der Waals surface area contributed by atoms with E-state index < -0.39 is 23.8 Å². The van der Waals surface area contributed by atoms with Gasteiger partial charge >= 0.3 is 5.97 Å². The van der Waals surface area contributed by atoms with E-state index in [1.54, 1.807) is 30.3 Å². The normalized spacial score (nSPS) is 16.3. The molecule has 150 valence electrons. The largest absolute Gasteiger partial charge is 0.465 e. The fourth-order valence-electron chi connectivity index (χ4n) is 3.53. The van der Waals surface area contributed by atoms with Gasteiger partial charge in [0.05, 0.1) is 17.7 Å². The zero-order valence-corrected chi connectivity index (χ0v) is 16.4. The monoisotopic (exact) mass is 417 g/mol. The maximum absolute atomic E-state index is 14.6. The molecule has 0 radical (unpaired) electrons. The summed E-state index contributed by atoms with van der Waals surface area (Å²) < 4.78 is 47.2. The van der Waals surface area contributed by atoms with Crippen molar-refractivity contribution in [3.8, 4) is 21.6 Å². The molecule has 0 spiro atoms. The minimum Gasteiger partial charge on any atom is -0.465 e. The predicted octanol–water partition coefficient (Wildman–Crippen LogP) is 5.70. The van der Waals surface area contributed by atoms with Gasteiger partial charge in [0.25, 0.3) is 0 Å². The number of esters is 1. The highest BCUT2D eigenvalue weighted by molar-refractivity contribution is 7.20. The molecule has 1 aliphatic heterocycles. The maximum atomic E-state index is 14.6. The average molecular weight is 417 g/mol. The smallest absolute Gasteiger partial charge is 0.338 e. The van der Waals surface area contributed by atoms with Crippen LogP contribution in [0.2, 0.25) is 0 Å². The molecule has 0 unspecified atom stereocenters. The second kappa shape index (κ2) is 7.91. The Morgan fingerprint density at radius 3 is 2.59 bits per heavy atom. The van der Waals surface area contributed by atoms with Crippen LogP contribution in [0.3, 0.4) is 0 Å². The molecule has 1 aromatic heterocycles. The summed E-state index contributed by atoms with van der Waals surface area (Å²) in [4.78, 5) is 14.8. The second-order valence-electron chi connectivity index (χ2n) is 6.80. The van der Waals surface area contributed by atoms with Gasteiger partial charge in [-0.25, -0.2) is 18.0 Å². The van der Waals surface area contributed by atoms with Crippen LogP contribution >= 0.6 is 11.3 Å². The Labute approximate surface area is 170 Å². The summed E-state index contributed by atoms with van der Waals surface area (Å²) in [5, 5.41) is 0.749. The highest BCUT2D eigenvalue weighted by Gasteiger charge is 2.27. The third-order valence-corrected chi connectivity index (χ3v) is 6.21.